The Morgan fingerprint density at radius 1 is 1.07 bits per heavy atom. The molecule has 1 aliphatic carbocycles. The Morgan fingerprint density at radius 3 is 2.35 bits per heavy atom. The van der Waals surface area contributed by atoms with Crippen LogP contribution < -0.4 is 10.6 Å². The zero-order valence-electron chi connectivity index (χ0n) is 32.1. The van der Waals surface area contributed by atoms with Gasteiger partial charge in [0.2, 0.25) is 11.8 Å². The molecule has 2 aromatic heterocycles. The lowest BCUT2D eigenvalue weighted by Gasteiger charge is -2.41. The second-order valence-corrected chi connectivity index (χ2v) is 16.4. The molecule has 2 N–H and O–H groups in total. The van der Waals surface area contributed by atoms with Crippen molar-refractivity contribution in [3.8, 4) is 0 Å². The van der Waals surface area contributed by atoms with E-state index in [1.54, 1.807) is 18.9 Å². The third kappa shape index (κ3) is 11.9. The van der Waals surface area contributed by atoms with E-state index in [2.05, 4.69) is 20.6 Å². The van der Waals surface area contributed by atoms with Crippen molar-refractivity contribution in [2.24, 2.45) is 17.8 Å². The Bertz CT molecular complexity index is 1650. The van der Waals surface area contributed by atoms with Gasteiger partial charge in [-0.25, -0.2) is 9.97 Å². The number of esters is 2. The molecule has 6 atom stereocenters. The molecule has 0 radical (unpaired) electrons. The fourth-order valence-corrected chi connectivity index (χ4v) is 8.43. The molecule has 3 heterocycles. The summed E-state index contributed by atoms with van der Waals surface area (Å²) in [5, 5.41) is 8.58. The van der Waals surface area contributed by atoms with Crippen LogP contribution in [0.15, 0.2) is 10.8 Å². The van der Waals surface area contributed by atoms with Crippen LogP contribution in [-0.4, -0.2) is 115 Å². The normalized spacial score (nSPS) is 19.4. The van der Waals surface area contributed by atoms with Gasteiger partial charge < -0.3 is 29.7 Å². The Kier molecular flexibility index (Phi) is 15.6. The predicted octanol–water partition coefficient (Wildman–Crippen LogP) is 4.25. The van der Waals surface area contributed by atoms with E-state index in [-0.39, 0.29) is 60.2 Å². The fourth-order valence-electron chi connectivity index (χ4n) is 6.71. The van der Waals surface area contributed by atoms with E-state index >= 15 is 0 Å². The highest BCUT2D eigenvalue weighted by molar-refractivity contribution is 7.10. The van der Waals surface area contributed by atoms with Gasteiger partial charge in [-0.1, -0.05) is 27.2 Å². The smallest absolute Gasteiger partial charge is 0.434 e. The van der Waals surface area contributed by atoms with Crippen molar-refractivity contribution in [3.63, 3.8) is 0 Å². The number of likely N-dealkylation sites (N-methyl/N-ethyl adjacent to an activating group) is 2. The number of aromatic nitrogens is 2. The summed E-state index contributed by atoms with van der Waals surface area (Å²) in [6.07, 6.45) is -2.90. The number of morpholine rings is 1. The number of halogens is 3. The van der Waals surface area contributed by atoms with E-state index in [1.807, 2.05) is 25.8 Å². The topological polar surface area (TPSA) is 169 Å². The lowest BCUT2D eigenvalue weighted by molar-refractivity contribution is -0.150. The van der Waals surface area contributed by atoms with E-state index in [1.165, 1.54) is 19.4 Å². The average molecular weight is 817 g/mol. The molecule has 14 nitrogen and oxygen atoms in total. The van der Waals surface area contributed by atoms with Gasteiger partial charge in [0.1, 0.15) is 22.8 Å². The maximum absolute atomic E-state index is 14.2. The number of nitrogens with one attached hydrogen (secondary N) is 2. The lowest BCUT2D eigenvalue weighted by atomic mass is 9.78. The van der Waals surface area contributed by atoms with E-state index in [0.29, 0.717) is 18.2 Å². The first-order chi connectivity index (χ1) is 25.9. The molecule has 1 saturated carbocycles. The van der Waals surface area contributed by atoms with E-state index in [4.69, 9.17) is 14.2 Å². The standard InChI is InChI=1S/C36H51F3N6O8S2/c1-19(2)25(45(6)34(49)30(22-9-8-10-22)43-32(48)26-16-52-12-11-44(26)5)15-27(53-21(4)46)33-41-24(17-55-33)31(47)40-23(13-20(3)35(50)51-7)14-29-42-28(18-54-29)36(37,38)39/h17-20,22-23,25-27,30H,8-16H2,1-7H3,(H,40,47)(H,43,48)/t20-,23+,25+,26+,27+,30-/m0/s1. The minimum atomic E-state index is -4.63. The van der Waals surface area contributed by atoms with Gasteiger partial charge in [0.05, 0.1) is 31.2 Å². The molecular formula is C36H51F3N6O8S2. The highest BCUT2D eigenvalue weighted by Gasteiger charge is 2.41. The van der Waals surface area contributed by atoms with Crippen LogP contribution in [0.2, 0.25) is 0 Å². The Hall–Kier alpha value is -3.68. The number of thiazole rings is 2. The number of carbonyl (C=O) groups is 5. The number of amides is 3. The van der Waals surface area contributed by atoms with Gasteiger partial charge in [-0.2, -0.15) is 13.2 Å². The molecule has 1 saturated heterocycles. The maximum atomic E-state index is 14.2. The van der Waals surface area contributed by atoms with E-state index < -0.39 is 65.9 Å². The largest absolute Gasteiger partial charge is 0.469 e. The quantitative estimate of drug-likeness (QED) is 0.219. The van der Waals surface area contributed by atoms with Gasteiger partial charge in [-0.05, 0) is 38.1 Å². The van der Waals surface area contributed by atoms with Crippen LogP contribution in [0.25, 0.3) is 0 Å². The number of alkyl halides is 3. The number of hydrogen-bond acceptors (Lipinski definition) is 13. The van der Waals surface area contributed by atoms with Crippen LogP contribution in [0.4, 0.5) is 13.2 Å². The summed E-state index contributed by atoms with van der Waals surface area (Å²) in [5.74, 6) is -3.16. The molecule has 19 heteroatoms. The molecule has 0 bridgehead atoms. The molecular weight excluding hydrogens is 766 g/mol. The number of hydrogen-bond donors (Lipinski definition) is 2. The monoisotopic (exact) mass is 816 g/mol. The van der Waals surface area contributed by atoms with Gasteiger partial charge in [0, 0.05) is 56.2 Å². The van der Waals surface area contributed by atoms with Crippen LogP contribution in [0.3, 0.4) is 0 Å². The summed E-state index contributed by atoms with van der Waals surface area (Å²) in [6, 6.07) is -2.53. The Morgan fingerprint density at radius 2 is 1.78 bits per heavy atom. The zero-order valence-corrected chi connectivity index (χ0v) is 33.8. The number of carbonyl (C=O) groups excluding carboxylic acids is 5. The first kappa shape index (κ1) is 44.0. The zero-order chi connectivity index (χ0) is 40.6. The van der Waals surface area contributed by atoms with Gasteiger partial charge in [-0.15, -0.1) is 22.7 Å². The highest BCUT2D eigenvalue weighted by Crippen LogP contribution is 2.34. The first-order valence-electron chi connectivity index (χ1n) is 18.3. The second-order valence-electron chi connectivity index (χ2n) is 14.6. The maximum Gasteiger partial charge on any atom is 0.434 e. The summed E-state index contributed by atoms with van der Waals surface area (Å²) in [6.45, 7) is 8.05. The fraction of sp³-hybridized carbons (Fsp3) is 0.694. The van der Waals surface area contributed by atoms with Crippen molar-refractivity contribution in [1.82, 2.24) is 30.4 Å². The van der Waals surface area contributed by atoms with Crippen LogP contribution in [0.5, 0.6) is 0 Å². The molecule has 2 aromatic rings. The number of methoxy groups -OCH3 is 1. The summed E-state index contributed by atoms with van der Waals surface area (Å²) >= 11 is 1.87. The minimum Gasteiger partial charge on any atom is -0.469 e. The predicted molar refractivity (Wildman–Crippen MR) is 197 cm³/mol. The van der Waals surface area contributed by atoms with Crippen molar-refractivity contribution < 1.29 is 51.4 Å². The van der Waals surface area contributed by atoms with E-state index in [0.717, 1.165) is 47.3 Å². The van der Waals surface area contributed by atoms with Crippen molar-refractivity contribution in [1.29, 1.82) is 0 Å². The van der Waals surface area contributed by atoms with Gasteiger partial charge >= 0.3 is 18.1 Å². The van der Waals surface area contributed by atoms with Gasteiger partial charge in [0.25, 0.3) is 5.91 Å². The molecule has 55 heavy (non-hydrogen) atoms. The van der Waals surface area contributed by atoms with Crippen LogP contribution in [-0.2, 0) is 46.0 Å². The summed E-state index contributed by atoms with van der Waals surface area (Å²) < 4.78 is 55.7. The molecule has 2 fully saturated rings. The van der Waals surface area contributed by atoms with Gasteiger partial charge in [0.15, 0.2) is 11.8 Å². The number of rotatable bonds is 17. The third-order valence-electron chi connectivity index (χ3n) is 10.1. The summed E-state index contributed by atoms with van der Waals surface area (Å²) in [5.41, 5.74) is -1.07. The number of ether oxygens (including phenoxy) is 3. The Balaban J connectivity index is 1.51. The van der Waals surface area contributed by atoms with Crippen molar-refractivity contribution in [2.75, 3.05) is 41.0 Å². The highest BCUT2D eigenvalue weighted by atomic mass is 32.1. The SMILES string of the molecule is COC(=O)[C@@H](C)C[C@H](Cc1nc(C(F)(F)F)cs1)NC(=O)c1csc([C@@H](C[C@H](C(C)C)N(C)C(=O)[C@@H](NC(=O)[C@H]2COCCN2C)C2CCC2)OC(C)=O)n1. The molecule has 1 aliphatic heterocycles. The summed E-state index contributed by atoms with van der Waals surface area (Å²) in [4.78, 5) is 77.3. The average Bonchev–Trinajstić information content (AvgIpc) is 3.79. The second kappa shape index (κ2) is 19.5. The molecule has 2 aliphatic rings. The van der Waals surface area contributed by atoms with Crippen molar-refractivity contribution in [3.05, 3.63) is 32.2 Å². The molecule has 0 spiro atoms. The van der Waals surface area contributed by atoms with E-state index in [9.17, 15) is 37.1 Å². The van der Waals surface area contributed by atoms with Crippen LogP contribution >= 0.6 is 22.7 Å². The number of nitrogens with zero attached hydrogens (tertiary/aromatic N) is 4. The van der Waals surface area contributed by atoms with Gasteiger partial charge in [-0.3, -0.25) is 28.9 Å². The lowest BCUT2D eigenvalue weighted by Crippen LogP contribution is -2.60. The van der Waals surface area contributed by atoms with Crippen LogP contribution in [0.1, 0.15) is 92.1 Å². The summed E-state index contributed by atoms with van der Waals surface area (Å²) in [7, 11) is 4.73. The Labute approximate surface area is 326 Å². The third-order valence-corrected chi connectivity index (χ3v) is 11.9. The molecule has 0 unspecified atom stereocenters. The van der Waals surface area contributed by atoms with Crippen LogP contribution in [0, 0.1) is 17.8 Å². The molecule has 4 rings (SSSR count). The molecule has 0 aromatic carbocycles. The minimum absolute atomic E-state index is 0.0208. The van der Waals surface area contributed by atoms with Crippen molar-refractivity contribution >= 4 is 52.3 Å². The van der Waals surface area contributed by atoms with Crippen molar-refractivity contribution in [2.45, 2.75) is 103 Å². The molecule has 3 amide bonds. The first-order valence-corrected chi connectivity index (χ1v) is 20.0. The molecule has 306 valence electrons.